The lowest BCUT2D eigenvalue weighted by Gasteiger charge is -2.29. The van der Waals surface area contributed by atoms with E-state index in [9.17, 15) is 14.9 Å². The number of likely N-dealkylation sites (tertiary alicyclic amines) is 1. The molecule has 102 valence electrons. The van der Waals surface area contributed by atoms with E-state index < -0.39 is 11.0 Å². The number of rotatable bonds is 3. The molecule has 0 aromatic carbocycles. The first kappa shape index (κ1) is 13.6. The highest BCUT2D eigenvalue weighted by Gasteiger charge is 2.25. The van der Waals surface area contributed by atoms with E-state index in [0.717, 1.165) is 0 Å². The molecule has 8 heteroatoms. The predicted molar refractivity (Wildman–Crippen MR) is 69.4 cm³/mol. The normalized spacial score (nSPS) is 16.3. The van der Waals surface area contributed by atoms with Crippen LogP contribution in [0, 0.1) is 10.1 Å². The fourth-order valence-electron chi connectivity index (χ4n) is 1.95. The van der Waals surface area contributed by atoms with Gasteiger partial charge in [0.1, 0.15) is 6.20 Å². The van der Waals surface area contributed by atoms with E-state index in [1.165, 1.54) is 29.1 Å². The van der Waals surface area contributed by atoms with E-state index in [1.807, 2.05) is 0 Å². The summed E-state index contributed by atoms with van der Waals surface area (Å²) >= 11 is 1.43. The van der Waals surface area contributed by atoms with Crippen LogP contribution in [-0.4, -0.2) is 44.3 Å². The fourth-order valence-corrected chi connectivity index (χ4v) is 3.15. The summed E-state index contributed by atoms with van der Waals surface area (Å²) in [6, 6.07) is 1.63. The Labute approximate surface area is 113 Å². The Morgan fingerprint density at radius 1 is 1.53 bits per heavy atom. The Bertz CT molecular complexity index is 489. The number of amides is 1. The number of hydrogen-bond acceptors (Lipinski definition) is 5. The molecule has 1 amide bonds. The molecular formula is C11H13N3O4S. The Morgan fingerprint density at radius 3 is 2.79 bits per heavy atom. The first-order valence-electron chi connectivity index (χ1n) is 5.81. The molecule has 0 bridgehead atoms. The van der Waals surface area contributed by atoms with Gasteiger partial charge in [0.25, 0.3) is 0 Å². The van der Waals surface area contributed by atoms with Crippen LogP contribution >= 0.6 is 11.8 Å². The molecule has 2 rings (SSSR count). The molecule has 1 N–H and O–H groups in total. The second-order valence-corrected chi connectivity index (χ2v) is 5.53. The lowest BCUT2D eigenvalue weighted by atomic mass is 10.1. The van der Waals surface area contributed by atoms with Crippen LogP contribution in [0.15, 0.2) is 23.4 Å². The van der Waals surface area contributed by atoms with Crippen molar-refractivity contribution in [3.63, 3.8) is 0 Å². The summed E-state index contributed by atoms with van der Waals surface area (Å²) in [4.78, 5) is 26.9. The first-order valence-corrected chi connectivity index (χ1v) is 6.69. The zero-order chi connectivity index (χ0) is 13.8. The average Bonchev–Trinajstić information content (AvgIpc) is 2.39. The number of nitro groups is 1. The lowest BCUT2D eigenvalue weighted by molar-refractivity contribution is -0.388. The summed E-state index contributed by atoms with van der Waals surface area (Å²) in [5, 5.41) is 19.9. The quantitative estimate of drug-likeness (QED) is 0.675. The van der Waals surface area contributed by atoms with Crippen LogP contribution in [0.1, 0.15) is 12.8 Å². The molecule has 1 aliphatic rings. The molecular weight excluding hydrogens is 270 g/mol. The van der Waals surface area contributed by atoms with Gasteiger partial charge in [-0.25, -0.2) is 4.79 Å². The topological polar surface area (TPSA) is 96.6 Å². The van der Waals surface area contributed by atoms with Gasteiger partial charge in [-0.05, 0) is 18.9 Å². The predicted octanol–water partition coefficient (Wildman–Crippen LogP) is 2.22. The molecule has 1 fully saturated rings. The monoisotopic (exact) mass is 283 g/mol. The molecule has 0 spiro atoms. The molecule has 0 atom stereocenters. The van der Waals surface area contributed by atoms with Crippen molar-refractivity contribution >= 4 is 23.5 Å². The second kappa shape index (κ2) is 5.87. The highest BCUT2D eigenvalue weighted by molar-refractivity contribution is 8.00. The van der Waals surface area contributed by atoms with Crippen molar-refractivity contribution in [2.45, 2.75) is 23.0 Å². The smallest absolute Gasteiger partial charge is 0.407 e. The van der Waals surface area contributed by atoms with E-state index in [-0.39, 0.29) is 10.9 Å². The van der Waals surface area contributed by atoms with Crippen LogP contribution in [-0.2, 0) is 0 Å². The number of piperidine rings is 1. The molecule has 1 aliphatic heterocycles. The third kappa shape index (κ3) is 3.34. The van der Waals surface area contributed by atoms with Crippen LogP contribution in [0.25, 0.3) is 0 Å². The van der Waals surface area contributed by atoms with Gasteiger partial charge in [0.2, 0.25) is 0 Å². The van der Waals surface area contributed by atoms with Crippen molar-refractivity contribution in [1.82, 2.24) is 9.88 Å². The number of carboxylic acid groups (broad SMARTS) is 1. The minimum Gasteiger partial charge on any atom is -0.465 e. The van der Waals surface area contributed by atoms with Gasteiger partial charge in [0.05, 0.1) is 9.82 Å². The van der Waals surface area contributed by atoms with Gasteiger partial charge in [-0.1, -0.05) is 0 Å². The minimum atomic E-state index is -0.904. The molecule has 0 aliphatic carbocycles. The average molecular weight is 283 g/mol. The Hall–Kier alpha value is -1.83. The van der Waals surface area contributed by atoms with Gasteiger partial charge in [0, 0.05) is 24.5 Å². The van der Waals surface area contributed by atoms with Gasteiger partial charge in [0.15, 0.2) is 0 Å². The van der Waals surface area contributed by atoms with Crippen LogP contribution in [0.3, 0.4) is 0 Å². The van der Waals surface area contributed by atoms with Crippen LogP contribution in [0.5, 0.6) is 0 Å². The molecule has 7 nitrogen and oxygen atoms in total. The third-order valence-electron chi connectivity index (χ3n) is 2.96. The van der Waals surface area contributed by atoms with E-state index in [1.54, 1.807) is 6.07 Å². The molecule has 0 unspecified atom stereocenters. The second-order valence-electron chi connectivity index (χ2n) is 4.19. The van der Waals surface area contributed by atoms with E-state index >= 15 is 0 Å². The Morgan fingerprint density at radius 2 is 2.21 bits per heavy atom. The maximum atomic E-state index is 10.9. The van der Waals surface area contributed by atoms with Crippen LogP contribution in [0.2, 0.25) is 0 Å². The van der Waals surface area contributed by atoms with Gasteiger partial charge < -0.3 is 10.0 Å². The summed E-state index contributed by atoms with van der Waals surface area (Å²) in [7, 11) is 0. The maximum absolute atomic E-state index is 10.9. The Balaban J connectivity index is 2.00. The summed E-state index contributed by atoms with van der Waals surface area (Å²) in [6.07, 6.45) is 3.28. The number of aromatic nitrogens is 1. The van der Waals surface area contributed by atoms with Crippen LogP contribution in [0.4, 0.5) is 10.5 Å². The van der Waals surface area contributed by atoms with Gasteiger partial charge in [-0.3, -0.25) is 15.1 Å². The highest BCUT2D eigenvalue weighted by atomic mass is 32.2. The van der Waals surface area contributed by atoms with Crippen molar-refractivity contribution in [2.24, 2.45) is 0 Å². The standard InChI is InChI=1S/C11H13N3O4S/c15-11(16)13-5-2-8(3-6-13)19-10-1-4-12-7-9(10)14(17)18/h1,4,7-8H,2-3,5-6H2,(H,15,16). The third-order valence-corrected chi connectivity index (χ3v) is 4.37. The minimum absolute atomic E-state index is 0.00756. The lowest BCUT2D eigenvalue weighted by Crippen LogP contribution is -2.38. The summed E-state index contributed by atoms with van der Waals surface area (Å²) < 4.78 is 0. The van der Waals surface area contributed by atoms with E-state index in [4.69, 9.17) is 5.11 Å². The zero-order valence-corrected chi connectivity index (χ0v) is 10.9. The summed E-state index contributed by atoms with van der Waals surface area (Å²) in [6.45, 7) is 0.956. The highest BCUT2D eigenvalue weighted by Crippen LogP contribution is 2.35. The SMILES string of the molecule is O=C(O)N1CCC(Sc2ccncc2[N+](=O)[O-])CC1. The molecule has 1 aromatic rings. The van der Waals surface area contributed by atoms with Crippen molar-refractivity contribution in [3.05, 3.63) is 28.6 Å². The number of nitrogens with zero attached hydrogens (tertiary/aromatic N) is 3. The molecule has 1 saturated heterocycles. The summed E-state index contributed by atoms with van der Waals surface area (Å²) in [5.74, 6) is 0. The van der Waals surface area contributed by atoms with Crippen molar-refractivity contribution in [2.75, 3.05) is 13.1 Å². The van der Waals surface area contributed by atoms with Crippen LogP contribution < -0.4 is 0 Å². The summed E-state index contributed by atoms with van der Waals surface area (Å²) in [5.41, 5.74) is 0.00756. The van der Waals surface area contributed by atoms with Crippen molar-refractivity contribution < 1.29 is 14.8 Å². The fraction of sp³-hybridized carbons (Fsp3) is 0.455. The van der Waals surface area contributed by atoms with E-state index in [0.29, 0.717) is 30.8 Å². The zero-order valence-electron chi connectivity index (χ0n) is 10.1. The van der Waals surface area contributed by atoms with E-state index in [2.05, 4.69) is 4.98 Å². The molecule has 2 heterocycles. The van der Waals surface area contributed by atoms with Gasteiger partial charge in [-0.15, -0.1) is 11.8 Å². The van der Waals surface area contributed by atoms with Crippen molar-refractivity contribution in [1.29, 1.82) is 0 Å². The Kier molecular flexibility index (Phi) is 4.20. The van der Waals surface area contributed by atoms with Gasteiger partial charge >= 0.3 is 11.8 Å². The van der Waals surface area contributed by atoms with Gasteiger partial charge in [-0.2, -0.15) is 0 Å². The first-order chi connectivity index (χ1) is 9.08. The number of pyridine rings is 1. The van der Waals surface area contributed by atoms with Crippen molar-refractivity contribution in [3.8, 4) is 0 Å². The number of thioether (sulfide) groups is 1. The maximum Gasteiger partial charge on any atom is 0.407 e. The number of carbonyl (C=O) groups is 1. The molecule has 1 aromatic heterocycles. The number of hydrogen-bond donors (Lipinski definition) is 1. The molecule has 0 radical (unpaired) electrons. The molecule has 0 saturated carbocycles. The molecule has 19 heavy (non-hydrogen) atoms. The largest absolute Gasteiger partial charge is 0.465 e.